The van der Waals surface area contributed by atoms with E-state index < -0.39 is 11.2 Å². The fourth-order valence-electron chi connectivity index (χ4n) is 1.82. The van der Waals surface area contributed by atoms with Gasteiger partial charge in [0, 0.05) is 5.69 Å². The molecule has 2 rings (SSSR count). The van der Waals surface area contributed by atoms with Gasteiger partial charge in [-0.3, -0.25) is 9.78 Å². The van der Waals surface area contributed by atoms with Crippen molar-refractivity contribution in [3.8, 4) is 5.75 Å². The Bertz CT molecular complexity index is 760. The molecule has 2 aromatic rings. The number of nitrogens with zero attached hydrogens (tertiary/aromatic N) is 1. The smallest absolute Gasteiger partial charge is 0.325 e. The zero-order valence-corrected chi connectivity index (χ0v) is 12.4. The van der Waals surface area contributed by atoms with Crippen molar-refractivity contribution in [1.29, 1.82) is 0 Å². The number of rotatable bonds is 6. The van der Waals surface area contributed by atoms with Gasteiger partial charge in [0.05, 0.1) is 18.4 Å². The van der Waals surface area contributed by atoms with Gasteiger partial charge in [0.25, 0.3) is 5.56 Å². The molecule has 0 aliphatic heterocycles. The monoisotopic (exact) mass is 303 g/mol. The molecule has 1 heterocycles. The summed E-state index contributed by atoms with van der Waals surface area (Å²) in [4.78, 5) is 32.4. The molecular weight excluding hydrogens is 286 g/mol. The maximum atomic E-state index is 11.6. The summed E-state index contributed by atoms with van der Waals surface area (Å²) in [5.41, 5.74) is 0.561. The molecule has 0 unspecified atom stereocenters. The molecule has 0 aliphatic carbocycles. The molecule has 0 radical (unpaired) electrons. The predicted octanol–water partition coefficient (Wildman–Crippen LogP) is 1.32. The number of nitrogens with one attached hydrogen (secondary N) is 2. The zero-order chi connectivity index (χ0) is 15.9. The lowest BCUT2D eigenvalue weighted by Gasteiger charge is -2.04. The third-order valence-electron chi connectivity index (χ3n) is 2.90. The maximum absolute atomic E-state index is 11.6. The summed E-state index contributed by atoms with van der Waals surface area (Å²) in [7, 11) is 0. The van der Waals surface area contributed by atoms with Crippen LogP contribution in [-0.2, 0) is 11.4 Å². The van der Waals surface area contributed by atoms with Crippen molar-refractivity contribution in [2.24, 2.45) is 5.16 Å². The Hall–Kier alpha value is -2.83. The SMILES string of the molecule is CCOc1ccc(CO/N=C/c2c(C)[nH]c(=O)[nH]c2=O)cc1. The van der Waals surface area contributed by atoms with E-state index in [1.807, 2.05) is 31.2 Å². The normalized spacial score (nSPS) is 10.8. The van der Waals surface area contributed by atoms with E-state index in [4.69, 9.17) is 9.57 Å². The first-order valence-electron chi connectivity index (χ1n) is 6.80. The number of hydrogen-bond acceptors (Lipinski definition) is 5. The Morgan fingerprint density at radius 1 is 1.18 bits per heavy atom. The average Bonchev–Trinajstić information content (AvgIpc) is 2.47. The fourth-order valence-corrected chi connectivity index (χ4v) is 1.82. The van der Waals surface area contributed by atoms with E-state index in [9.17, 15) is 9.59 Å². The van der Waals surface area contributed by atoms with Crippen molar-refractivity contribution >= 4 is 6.21 Å². The second-order valence-corrected chi connectivity index (χ2v) is 4.53. The lowest BCUT2D eigenvalue weighted by molar-refractivity contribution is 0.132. The number of benzene rings is 1. The van der Waals surface area contributed by atoms with Crippen LogP contribution in [0.2, 0.25) is 0 Å². The van der Waals surface area contributed by atoms with Crippen molar-refractivity contribution in [2.75, 3.05) is 6.61 Å². The fraction of sp³-hybridized carbons (Fsp3) is 0.267. The van der Waals surface area contributed by atoms with Gasteiger partial charge in [-0.2, -0.15) is 0 Å². The topological polar surface area (TPSA) is 96.5 Å². The predicted molar refractivity (Wildman–Crippen MR) is 82.4 cm³/mol. The Labute approximate surface area is 126 Å². The molecule has 0 amide bonds. The molecule has 7 heteroatoms. The van der Waals surface area contributed by atoms with Gasteiger partial charge in [0.2, 0.25) is 0 Å². The number of ether oxygens (including phenoxy) is 1. The summed E-state index contributed by atoms with van der Waals surface area (Å²) in [6.45, 7) is 4.42. The van der Waals surface area contributed by atoms with Crippen LogP contribution in [0.15, 0.2) is 39.0 Å². The highest BCUT2D eigenvalue weighted by atomic mass is 16.6. The molecule has 0 atom stereocenters. The van der Waals surface area contributed by atoms with Gasteiger partial charge in [0.1, 0.15) is 12.4 Å². The Kier molecular flexibility index (Phi) is 5.13. The molecule has 1 aromatic carbocycles. The van der Waals surface area contributed by atoms with Crippen LogP contribution in [0, 0.1) is 6.92 Å². The summed E-state index contributed by atoms with van der Waals surface area (Å²) in [5, 5.41) is 3.75. The van der Waals surface area contributed by atoms with Crippen molar-refractivity contribution in [3.05, 3.63) is 61.9 Å². The van der Waals surface area contributed by atoms with E-state index in [1.54, 1.807) is 6.92 Å². The quantitative estimate of drug-likeness (QED) is 0.621. The highest BCUT2D eigenvalue weighted by Gasteiger charge is 2.02. The van der Waals surface area contributed by atoms with Crippen LogP contribution in [0.5, 0.6) is 5.75 Å². The molecule has 0 spiro atoms. The largest absolute Gasteiger partial charge is 0.494 e. The maximum Gasteiger partial charge on any atom is 0.325 e. The molecule has 116 valence electrons. The van der Waals surface area contributed by atoms with E-state index in [-0.39, 0.29) is 12.2 Å². The molecule has 0 fully saturated rings. The van der Waals surface area contributed by atoms with E-state index in [2.05, 4.69) is 15.1 Å². The lowest BCUT2D eigenvalue weighted by atomic mass is 10.2. The highest BCUT2D eigenvalue weighted by molar-refractivity contribution is 5.79. The van der Waals surface area contributed by atoms with Gasteiger partial charge >= 0.3 is 5.69 Å². The second kappa shape index (κ2) is 7.26. The molecule has 0 bridgehead atoms. The van der Waals surface area contributed by atoms with E-state index >= 15 is 0 Å². The first-order chi connectivity index (χ1) is 10.6. The molecule has 1 aromatic heterocycles. The third-order valence-corrected chi connectivity index (χ3v) is 2.90. The average molecular weight is 303 g/mol. The second-order valence-electron chi connectivity index (χ2n) is 4.53. The summed E-state index contributed by atoms with van der Waals surface area (Å²) < 4.78 is 5.34. The summed E-state index contributed by atoms with van der Waals surface area (Å²) in [5.74, 6) is 0.796. The Balaban J connectivity index is 1.96. The van der Waals surface area contributed by atoms with Gasteiger partial charge in [-0.1, -0.05) is 17.3 Å². The van der Waals surface area contributed by atoms with Gasteiger partial charge in [0.15, 0.2) is 0 Å². The lowest BCUT2D eigenvalue weighted by Crippen LogP contribution is -2.26. The number of aromatic nitrogens is 2. The third kappa shape index (κ3) is 4.08. The minimum Gasteiger partial charge on any atom is -0.494 e. The van der Waals surface area contributed by atoms with Crippen LogP contribution in [0.3, 0.4) is 0 Å². The van der Waals surface area contributed by atoms with Crippen LogP contribution >= 0.6 is 0 Å². The molecule has 0 saturated heterocycles. The van der Waals surface area contributed by atoms with E-state index in [0.717, 1.165) is 11.3 Å². The molecule has 2 N–H and O–H groups in total. The summed E-state index contributed by atoms with van der Waals surface area (Å²) in [6, 6.07) is 7.45. The minimum absolute atomic E-state index is 0.256. The zero-order valence-electron chi connectivity index (χ0n) is 12.4. The minimum atomic E-state index is -0.546. The van der Waals surface area contributed by atoms with Gasteiger partial charge in [-0.05, 0) is 31.5 Å². The van der Waals surface area contributed by atoms with Crippen molar-refractivity contribution in [2.45, 2.75) is 20.5 Å². The molecule has 0 aliphatic rings. The van der Waals surface area contributed by atoms with Gasteiger partial charge in [-0.15, -0.1) is 0 Å². The van der Waals surface area contributed by atoms with Crippen molar-refractivity contribution in [3.63, 3.8) is 0 Å². The molecule has 22 heavy (non-hydrogen) atoms. The molecule has 0 saturated carbocycles. The van der Waals surface area contributed by atoms with Crippen LogP contribution < -0.4 is 16.0 Å². The standard InChI is InChI=1S/C15H17N3O4/c1-3-21-12-6-4-11(5-7-12)9-22-16-8-13-10(2)17-15(20)18-14(13)19/h4-8H,3,9H2,1-2H3,(H2,17,18,19,20)/b16-8+. The van der Waals surface area contributed by atoms with Crippen molar-refractivity contribution in [1.82, 2.24) is 9.97 Å². The number of oxime groups is 1. The number of aromatic amines is 2. The number of aryl methyl sites for hydroxylation is 1. The van der Waals surface area contributed by atoms with Gasteiger partial charge in [-0.25, -0.2) is 4.79 Å². The summed E-state index contributed by atoms with van der Waals surface area (Å²) in [6.07, 6.45) is 1.28. The van der Waals surface area contributed by atoms with Gasteiger partial charge < -0.3 is 14.6 Å². The van der Waals surface area contributed by atoms with Crippen LogP contribution in [0.25, 0.3) is 0 Å². The Morgan fingerprint density at radius 3 is 2.55 bits per heavy atom. The van der Waals surface area contributed by atoms with Crippen LogP contribution in [0.1, 0.15) is 23.7 Å². The first kappa shape index (κ1) is 15.6. The number of H-pyrrole nitrogens is 2. The highest BCUT2D eigenvalue weighted by Crippen LogP contribution is 2.12. The summed E-state index contributed by atoms with van der Waals surface area (Å²) >= 11 is 0. The van der Waals surface area contributed by atoms with Crippen molar-refractivity contribution < 1.29 is 9.57 Å². The number of hydrogen-bond donors (Lipinski definition) is 2. The van der Waals surface area contributed by atoms with Crippen LogP contribution in [0.4, 0.5) is 0 Å². The van der Waals surface area contributed by atoms with E-state index in [0.29, 0.717) is 12.3 Å². The van der Waals surface area contributed by atoms with Crippen LogP contribution in [-0.4, -0.2) is 22.8 Å². The van der Waals surface area contributed by atoms with E-state index in [1.165, 1.54) is 6.21 Å². The molecule has 7 nitrogen and oxygen atoms in total. The molecular formula is C15H17N3O4. The Morgan fingerprint density at radius 2 is 1.91 bits per heavy atom. The first-order valence-corrected chi connectivity index (χ1v) is 6.80.